The normalized spacial score (nSPS) is 22.0. The Morgan fingerprint density at radius 3 is 2.12 bits per heavy atom. The Bertz CT molecular complexity index is 2190. The first-order valence-corrected chi connectivity index (χ1v) is 19.7. The highest BCUT2D eigenvalue weighted by Crippen LogP contribution is 2.56. The molecule has 0 spiro atoms. The number of nitrogens with one attached hydrogen (secondary N) is 4. The van der Waals surface area contributed by atoms with Crippen LogP contribution in [0.25, 0.3) is 33.6 Å². The van der Waals surface area contributed by atoms with Crippen LogP contribution in [0, 0.1) is 23.7 Å². The number of rotatable bonds is 11. The number of aromatic amines is 2. The molecule has 8 rings (SSSR count). The number of fused-ring (bicyclic) bond motifs is 2. The smallest absolute Gasteiger partial charge is 0.407 e. The second-order valence-corrected chi connectivity index (χ2v) is 15.9. The molecule has 2 bridgehead atoms. The Morgan fingerprint density at radius 1 is 0.857 bits per heavy atom. The standard InChI is InChI=1S/C44H50N8O4/c1-25(2)39(51-44(55)56-3)43(54)52-19-5-8-36(52)40-46-23-34(49-40)29-13-9-27(10-14-29)28-11-15-30(16-12-28)35-24-47-41(50-35)37-31-17-18-32(21-31)38(37)42(53)48-22-26-6-4-7-33(45)20-26/h4,6-7,9-16,20,23-25,31-32,36-39H,5,8,17-19,21-22,45H2,1-3H3,(H,46,49)(H,47,50)(H,48,53)(H,51,55)/t31?,32?,36-,37+,38+,39-/m0/s1. The van der Waals surface area contributed by atoms with Gasteiger partial charge in [0.1, 0.15) is 17.7 Å². The molecule has 6 atom stereocenters. The number of carbonyl (C=O) groups excluding carboxylic acids is 3. The number of amides is 3. The molecule has 3 amide bonds. The number of ether oxygens (including phenoxy) is 1. The van der Waals surface area contributed by atoms with Crippen molar-refractivity contribution in [2.24, 2.45) is 23.7 Å². The Balaban J connectivity index is 0.916. The number of aromatic nitrogens is 4. The molecular formula is C44H50N8O4. The van der Waals surface area contributed by atoms with E-state index in [9.17, 15) is 14.4 Å². The van der Waals surface area contributed by atoms with Crippen LogP contribution >= 0.6 is 0 Å². The summed E-state index contributed by atoms with van der Waals surface area (Å²) in [6.07, 6.45) is 8.05. The molecule has 12 nitrogen and oxygen atoms in total. The predicted molar refractivity (Wildman–Crippen MR) is 215 cm³/mol. The summed E-state index contributed by atoms with van der Waals surface area (Å²) in [7, 11) is 1.30. The van der Waals surface area contributed by atoms with Crippen LogP contribution < -0.4 is 16.4 Å². The maximum Gasteiger partial charge on any atom is 0.407 e. The Labute approximate surface area is 327 Å². The van der Waals surface area contributed by atoms with E-state index < -0.39 is 12.1 Å². The molecule has 5 aromatic rings. The lowest BCUT2D eigenvalue weighted by Gasteiger charge is -2.30. The number of methoxy groups -OCH3 is 1. The van der Waals surface area contributed by atoms with Gasteiger partial charge in [-0.2, -0.15) is 0 Å². The van der Waals surface area contributed by atoms with Crippen LogP contribution in [0.5, 0.6) is 0 Å². The number of nitrogen functional groups attached to an aromatic ring is 1. The molecule has 1 aliphatic heterocycles. The Morgan fingerprint density at radius 2 is 1.48 bits per heavy atom. The van der Waals surface area contributed by atoms with Crippen molar-refractivity contribution in [2.75, 3.05) is 19.4 Å². The summed E-state index contributed by atoms with van der Waals surface area (Å²) in [5.41, 5.74) is 13.7. The van der Waals surface area contributed by atoms with Crippen LogP contribution in [-0.4, -0.2) is 62.4 Å². The molecule has 2 unspecified atom stereocenters. The lowest BCUT2D eigenvalue weighted by molar-refractivity contribution is -0.135. The number of imidazole rings is 2. The van der Waals surface area contributed by atoms with Gasteiger partial charge in [0.05, 0.1) is 42.9 Å². The number of benzene rings is 3. The monoisotopic (exact) mass is 754 g/mol. The molecule has 2 aliphatic carbocycles. The van der Waals surface area contributed by atoms with Gasteiger partial charge in [0, 0.05) is 24.7 Å². The number of H-pyrrole nitrogens is 2. The molecule has 6 N–H and O–H groups in total. The van der Waals surface area contributed by atoms with E-state index in [1.54, 1.807) is 0 Å². The van der Waals surface area contributed by atoms with Gasteiger partial charge in [0.25, 0.3) is 0 Å². The second kappa shape index (κ2) is 15.7. The maximum absolute atomic E-state index is 13.6. The quantitative estimate of drug-likeness (QED) is 0.0888. The fourth-order valence-electron chi connectivity index (χ4n) is 9.25. The minimum absolute atomic E-state index is 0.0826. The SMILES string of the molecule is COC(=O)N[C@H](C(=O)N1CCC[C@H]1c1ncc(-c2ccc(-c3ccc(-c4cnc([C@@H]5C6CCC(C6)[C@H]5C(=O)NCc5cccc(N)c5)[nH]4)cc3)cc2)[nH]1)C(C)C. The van der Waals surface area contributed by atoms with Gasteiger partial charge in [-0.1, -0.05) is 74.5 Å². The zero-order chi connectivity index (χ0) is 38.9. The third-order valence-electron chi connectivity index (χ3n) is 12.1. The number of nitrogens with two attached hydrogens (primary N) is 1. The maximum atomic E-state index is 13.6. The van der Waals surface area contributed by atoms with Gasteiger partial charge >= 0.3 is 6.09 Å². The highest BCUT2D eigenvalue weighted by atomic mass is 16.5. The second-order valence-electron chi connectivity index (χ2n) is 15.9. The molecule has 290 valence electrons. The van der Waals surface area contributed by atoms with E-state index in [4.69, 9.17) is 15.5 Å². The summed E-state index contributed by atoms with van der Waals surface area (Å²) >= 11 is 0. The van der Waals surface area contributed by atoms with E-state index in [-0.39, 0.29) is 35.6 Å². The van der Waals surface area contributed by atoms with Crippen molar-refractivity contribution < 1.29 is 19.1 Å². The number of alkyl carbamates (subject to hydrolysis) is 1. The molecule has 3 aliphatic rings. The van der Waals surface area contributed by atoms with E-state index in [0.29, 0.717) is 30.6 Å². The summed E-state index contributed by atoms with van der Waals surface area (Å²) in [6, 6.07) is 23.6. The number of carbonyl (C=O) groups is 3. The molecule has 3 fully saturated rings. The van der Waals surface area contributed by atoms with Crippen LogP contribution in [0.4, 0.5) is 10.5 Å². The number of hydrogen-bond acceptors (Lipinski definition) is 7. The third-order valence-corrected chi connectivity index (χ3v) is 12.1. The molecule has 2 aromatic heterocycles. The minimum atomic E-state index is -0.678. The van der Waals surface area contributed by atoms with Gasteiger partial charge in [-0.15, -0.1) is 0 Å². The molecule has 0 radical (unpaired) electrons. The minimum Gasteiger partial charge on any atom is -0.453 e. The van der Waals surface area contributed by atoms with Crippen molar-refractivity contribution in [1.82, 2.24) is 35.5 Å². The summed E-state index contributed by atoms with van der Waals surface area (Å²) in [6.45, 7) is 4.89. The first-order chi connectivity index (χ1) is 27.2. The Hall–Kier alpha value is -5.91. The van der Waals surface area contributed by atoms with Crippen molar-refractivity contribution in [1.29, 1.82) is 0 Å². The average Bonchev–Trinajstić information content (AvgIpc) is 4.07. The highest BCUT2D eigenvalue weighted by molar-refractivity contribution is 5.86. The topological polar surface area (TPSA) is 171 Å². The lowest BCUT2D eigenvalue weighted by Crippen LogP contribution is -2.51. The first kappa shape index (κ1) is 37.0. The van der Waals surface area contributed by atoms with E-state index in [1.165, 1.54) is 7.11 Å². The largest absolute Gasteiger partial charge is 0.453 e. The van der Waals surface area contributed by atoms with Crippen molar-refractivity contribution in [3.8, 4) is 33.6 Å². The summed E-state index contributed by atoms with van der Waals surface area (Å²) in [5, 5.41) is 5.89. The van der Waals surface area contributed by atoms with Gasteiger partial charge in [0.2, 0.25) is 11.8 Å². The number of hydrogen-bond donors (Lipinski definition) is 5. The first-order valence-electron chi connectivity index (χ1n) is 19.7. The number of anilines is 1. The van der Waals surface area contributed by atoms with E-state index in [1.807, 2.05) is 55.4 Å². The van der Waals surface area contributed by atoms with Crippen molar-refractivity contribution in [3.63, 3.8) is 0 Å². The van der Waals surface area contributed by atoms with Crippen LogP contribution in [0.1, 0.15) is 75.1 Å². The van der Waals surface area contributed by atoms with Crippen molar-refractivity contribution >= 4 is 23.6 Å². The molecule has 1 saturated heterocycles. The predicted octanol–water partition coefficient (Wildman–Crippen LogP) is 7.21. The van der Waals surface area contributed by atoms with Gasteiger partial charge in [0.15, 0.2) is 0 Å². The number of nitrogens with zero attached hydrogens (tertiary/aromatic N) is 3. The van der Waals surface area contributed by atoms with Gasteiger partial charge < -0.3 is 36.0 Å². The van der Waals surface area contributed by atoms with Crippen LogP contribution in [-0.2, 0) is 20.9 Å². The summed E-state index contributed by atoms with van der Waals surface area (Å²) in [5.74, 6) is 2.35. The zero-order valence-corrected chi connectivity index (χ0v) is 32.1. The summed E-state index contributed by atoms with van der Waals surface area (Å²) < 4.78 is 4.76. The number of likely N-dealkylation sites (tertiary alicyclic amines) is 1. The fourth-order valence-corrected chi connectivity index (χ4v) is 9.25. The van der Waals surface area contributed by atoms with Crippen molar-refractivity contribution in [3.05, 3.63) is 102 Å². The molecule has 2 saturated carbocycles. The average molecular weight is 755 g/mol. The van der Waals surface area contributed by atoms with E-state index in [2.05, 4.69) is 74.1 Å². The van der Waals surface area contributed by atoms with Gasteiger partial charge in [-0.25, -0.2) is 14.8 Å². The zero-order valence-electron chi connectivity index (χ0n) is 32.1. The molecule has 56 heavy (non-hydrogen) atoms. The van der Waals surface area contributed by atoms with Crippen LogP contribution in [0.2, 0.25) is 0 Å². The van der Waals surface area contributed by atoms with Gasteiger partial charge in [-0.05, 0) is 89.8 Å². The Kier molecular flexibility index (Phi) is 10.4. The van der Waals surface area contributed by atoms with E-state index in [0.717, 1.165) is 83.0 Å². The molecule has 12 heteroatoms. The summed E-state index contributed by atoms with van der Waals surface area (Å²) in [4.78, 5) is 57.5. The lowest BCUT2D eigenvalue weighted by atomic mass is 9.78. The fraction of sp³-hybridized carbons (Fsp3) is 0.386. The van der Waals surface area contributed by atoms with Crippen LogP contribution in [0.15, 0.2) is 85.2 Å². The van der Waals surface area contributed by atoms with Gasteiger partial charge in [-0.3, -0.25) is 9.59 Å². The third kappa shape index (κ3) is 7.39. The van der Waals surface area contributed by atoms with E-state index >= 15 is 0 Å². The molecule has 3 aromatic carbocycles. The molecule has 3 heterocycles. The van der Waals surface area contributed by atoms with Crippen LogP contribution in [0.3, 0.4) is 0 Å². The molecular weight excluding hydrogens is 705 g/mol. The highest BCUT2D eigenvalue weighted by Gasteiger charge is 2.52. The van der Waals surface area contributed by atoms with Crippen molar-refractivity contribution in [2.45, 2.75) is 70.5 Å².